The third kappa shape index (κ3) is 2.06. The van der Waals surface area contributed by atoms with E-state index in [2.05, 4.69) is 4.74 Å². The van der Waals surface area contributed by atoms with Crippen LogP contribution in [0.25, 0.3) is 0 Å². The number of amides is 1. The molecule has 1 atom stereocenters. The number of likely N-dealkylation sites (tertiary alicyclic amines) is 1. The Labute approximate surface area is 74.1 Å². The normalized spacial score (nSPS) is 26.2. The van der Waals surface area contributed by atoms with Crippen molar-refractivity contribution in [3.8, 4) is 0 Å². The molecular weight excluding hydrogens is 184 g/mol. The zero-order valence-corrected chi connectivity index (χ0v) is 7.17. The van der Waals surface area contributed by atoms with Gasteiger partial charge in [0.25, 0.3) is 5.92 Å². The Morgan fingerprint density at radius 3 is 2.85 bits per heavy atom. The van der Waals surface area contributed by atoms with Gasteiger partial charge in [0.2, 0.25) is 0 Å². The maximum Gasteiger partial charge on any atom is 0.410 e. The molecule has 0 saturated carbocycles. The maximum atomic E-state index is 12.8. The van der Waals surface area contributed by atoms with E-state index in [0.29, 0.717) is 0 Å². The molecule has 0 radical (unpaired) electrons. The summed E-state index contributed by atoms with van der Waals surface area (Å²) in [5.74, 6) is -2.92. The lowest BCUT2D eigenvalue weighted by Crippen LogP contribution is -2.38. The molecule has 0 bridgehead atoms. The lowest BCUT2D eigenvalue weighted by Gasteiger charge is -2.19. The third-order valence-electron chi connectivity index (χ3n) is 2.00. The summed E-state index contributed by atoms with van der Waals surface area (Å²) in [6.07, 6.45) is -1.32. The van der Waals surface area contributed by atoms with Crippen molar-refractivity contribution in [3.05, 3.63) is 0 Å². The molecule has 1 heterocycles. The molecule has 0 aliphatic carbocycles. The smallest absolute Gasteiger partial charge is 0.410 e. The standard InChI is InChI=1S/C7H11F2NO3/c1-13-6(12)10-4-7(8,9)2-5(10)3-11/h5,11H,2-4H2,1H3/t5-/m0/s1. The van der Waals surface area contributed by atoms with Gasteiger partial charge in [-0.2, -0.15) is 0 Å². The Balaban J connectivity index is 2.69. The Bertz CT molecular complexity index is 210. The fraction of sp³-hybridized carbons (Fsp3) is 0.857. The van der Waals surface area contributed by atoms with E-state index in [1.807, 2.05) is 0 Å². The Morgan fingerprint density at radius 2 is 2.38 bits per heavy atom. The molecule has 1 aliphatic rings. The first kappa shape index (κ1) is 10.2. The van der Waals surface area contributed by atoms with Gasteiger partial charge >= 0.3 is 6.09 Å². The summed E-state index contributed by atoms with van der Waals surface area (Å²) in [6.45, 7) is -1.14. The Morgan fingerprint density at radius 1 is 1.77 bits per heavy atom. The molecule has 0 aromatic rings. The van der Waals surface area contributed by atoms with Crippen molar-refractivity contribution in [1.82, 2.24) is 4.90 Å². The second-order valence-corrected chi connectivity index (χ2v) is 2.99. The van der Waals surface area contributed by atoms with Crippen molar-refractivity contribution in [2.45, 2.75) is 18.4 Å². The first-order valence-corrected chi connectivity index (χ1v) is 3.83. The first-order chi connectivity index (χ1) is 6.00. The van der Waals surface area contributed by atoms with Crippen molar-refractivity contribution >= 4 is 6.09 Å². The largest absolute Gasteiger partial charge is 0.453 e. The summed E-state index contributed by atoms with van der Waals surface area (Å²) < 4.78 is 29.8. The first-order valence-electron chi connectivity index (χ1n) is 3.83. The molecule has 1 saturated heterocycles. The van der Waals surface area contributed by atoms with Gasteiger partial charge in [0.1, 0.15) is 0 Å². The summed E-state index contributed by atoms with van der Waals surface area (Å²) in [5.41, 5.74) is 0. The Hall–Kier alpha value is -0.910. The minimum Gasteiger partial charge on any atom is -0.453 e. The summed E-state index contributed by atoms with van der Waals surface area (Å²) >= 11 is 0. The topological polar surface area (TPSA) is 49.8 Å². The average molecular weight is 195 g/mol. The van der Waals surface area contributed by atoms with E-state index in [1.165, 1.54) is 0 Å². The molecule has 0 aromatic heterocycles. The lowest BCUT2D eigenvalue weighted by molar-refractivity contribution is 0.0115. The minimum atomic E-state index is -2.92. The molecule has 0 aromatic carbocycles. The van der Waals surface area contributed by atoms with Gasteiger partial charge in [-0.3, -0.25) is 4.90 Å². The fourth-order valence-corrected chi connectivity index (χ4v) is 1.39. The zero-order valence-electron chi connectivity index (χ0n) is 7.17. The number of carbonyl (C=O) groups is 1. The lowest BCUT2D eigenvalue weighted by atomic mass is 10.2. The van der Waals surface area contributed by atoms with Gasteiger partial charge in [-0.15, -0.1) is 0 Å². The molecule has 1 fully saturated rings. The highest BCUT2D eigenvalue weighted by molar-refractivity contribution is 5.68. The van der Waals surface area contributed by atoms with Crippen molar-refractivity contribution in [2.24, 2.45) is 0 Å². The summed E-state index contributed by atoms with van der Waals surface area (Å²) in [7, 11) is 1.12. The molecule has 4 nitrogen and oxygen atoms in total. The fourth-order valence-electron chi connectivity index (χ4n) is 1.39. The molecule has 0 spiro atoms. The monoisotopic (exact) mass is 195 g/mol. The maximum absolute atomic E-state index is 12.8. The van der Waals surface area contributed by atoms with Gasteiger partial charge in [-0.05, 0) is 0 Å². The molecule has 13 heavy (non-hydrogen) atoms. The van der Waals surface area contributed by atoms with Crippen molar-refractivity contribution < 1.29 is 23.4 Å². The van der Waals surface area contributed by atoms with Crippen molar-refractivity contribution in [1.29, 1.82) is 0 Å². The van der Waals surface area contributed by atoms with E-state index >= 15 is 0 Å². The molecule has 1 aliphatic heterocycles. The number of hydrogen-bond acceptors (Lipinski definition) is 3. The molecule has 76 valence electrons. The van der Waals surface area contributed by atoms with Crippen LogP contribution < -0.4 is 0 Å². The Kier molecular flexibility index (Phi) is 2.70. The number of aliphatic hydroxyl groups is 1. The van der Waals surface area contributed by atoms with Crippen LogP contribution in [-0.2, 0) is 4.74 Å². The van der Waals surface area contributed by atoms with Crippen LogP contribution in [-0.4, -0.2) is 48.3 Å². The van der Waals surface area contributed by atoms with Crippen LogP contribution in [0.3, 0.4) is 0 Å². The number of halogens is 2. The van der Waals surface area contributed by atoms with Crippen molar-refractivity contribution in [3.63, 3.8) is 0 Å². The van der Waals surface area contributed by atoms with E-state index in [0.717, 1.165) is 12.0 Å². The van der Waals surface area contributed by atoms with E-state index in [1.54, 1.807) is 0 Å². The highest BCUT2D eigenvalue weighted by Crippen LogP contribution is 2.31. The van der Waals surface area contributed by atoms with Crippen LogP contribution in [0, 0.1) is 0 Å². The van der Waals surface area contributed by atoms with Gasteiger partial charge in [0.05, 0.1) is 26.3 Å². The number of methoxy groups -OCH3 is 1. The molecule has 1 N–H and O–H groups in total. The quantitative estimate of drug-likeness (QED) is 0.661. The molecule has 1 amide bonds. The predicted octanol–water partition coefficient (Wildman–Crippen LogP) is 0.455. The van der Waals surface area contributed by atoms with Gasteiger partial charge in [-0.1, -0.05) is 0 Å². The van der Waals surface area contributed by atoms with Gasteiger partial charge < -0.3 is 9.84 Å². The number of ether oxygens (including phenoxy) is 1. The third-order valence-corrected chi connectivity index (χ3v) is 2.00. The number of alkyl halides is 2. The molecule has 6 heteroatoms. The molecular formula is C7H11F2NO3. The van der Waals surface area contributed by atoms with Crippen molar-refractivity contribution in [2.75, 3.05) is 20.3 Å². The summed E-state index contributed by atoms with van der Waals surface area (Å²) in [5, 5.41) is 8.73. The van der Waals surface area contributed by atoms with Gasteiger partial charge in [0, 0.05) is 6.42 Å². The second kappa shape index (κ2) is 3.45. The number of carbonyl (C=O) groups excluding carboxylic acids is 1. The molecule has 0 unspecified atom stereocenters. The number of aliphatic hydroxyl groups excluding tert-OH is 1. The van der Waals surface area contributed by atoms with Crippen LogP contribution >= 0.6 is 0 Å². The van der Waals surface area contributed by atoms with Gasteiger partial charge in [0.15, 0.2) is 0 Å². The number of hydrogen-bond donors (Lipinski definition) is 1. The SMILES string of the molecule is COC(=O)N1CC(F)(F)C[C@H]1CO. The predicted molar refractivity (Wildman–Crippen MR) is 39.5 cm³/mol. The van der Waals surface area contributed by atoms with Crippen LogP contribution in [0.4, 0.5) is 13.6 Å². The van der Waals surface area contributed by atoms with Crippen LogP contribution in [0.5, 0.6) is 0 Å². The van der Waals surface area contributed by atoms with Crippen LogP contribution in [0.2, 0.25) is 0 Å². The summed E-state index contributed by atoms with van der Waals surface area (Å²) in [4.78, 5) is 11.8. The van der Waals surface area contributed by atoms with E-state index in [9.17, 15) is 13.6 Å². The minimum absolute atomic E-state index is 0.468. The number of nitrogens with zero attached hydrogens (tertiary/aromatic N) is 1. The van der Waals surface area contributed by atoms with E-state index in [-0.39, 0.29) is 0 Å². The highest BCUT2D eigenvalue weighted by Gasteiger charge is 2.47. The molecule has 1 rings (SSSR count). The number of rotatable bonds is 1. The average Bonchev–Trinajstić information content (AvgIpc) is 2.39. The second-order valence-electron chi connectivity index (χ2n) is 2.99. The van der Waals surface area contributed by atoms with Crippen LogP contribution in [0.1, 0.15) is 6.42 Å². The summed E-state index contributed by atoms with van der Waals surface area (Å²) in [6, 6.07) is -0.831. The highest BCUT2D eigenvalue weighted by atomic mass is 19.3. The van der Waals surface area contributed by atoms with Crippen LogP contribution in [0.15, 0.2) is 0 Å². The van der Waals surface area contributed by atoms with E-state index < -0.39 is 37.6 Å². The van der Waals surface area contributed by atoms with Gasteiger partial charge in [-0.25, -0.2) is 13.6 Å². The van der Waals surface area contributed by atoms with E-state index in [4.69, 9.17) is 5.11 Å². The zero-order chi connectivity index (χ0) is 10.1.